The molecule has 0 saturated carbocycles. The molecule has 0 aliphatic carbocycles. The van der Waals surface area contributed by atoms with Gasteiger partial charge in [-0.15, -0.1) is 0 Å². The molecule has 2 N–H and O–H groups in total. The molecular formula is C12H23N3O. The van der Waals surface area contributed by atoms with Gasteiger partial charge in [-0.3, -0.25) is 0 Å². The predicted octanol–water partition coefficient (Wildman–Crippen LogP) is 1.18. The van der Waals surface area contributed by atoms with E-state index in [1.165, 1.54) is 12.8 Å². The standard InChI is InChI=1S/C12H23N3O/c1-12(2)5-3-6-13-10(12)9-15-8-4-7-14-11(15)16/h10,13H,3-9H2,1-2H3,(H,14,16). The zero-order valence-corrected chi connectivity index (χ0v) is 10.4. The smallest absolute Gasteiger partial charge is 0.317 e. The molecule has 2 aliphatic rings. The summed E-state index contributed by atoms with van der Waals surface area (Å²) in [5, 5.41) is 6.46. The van der Waals surface area contributed by atoms with Crippen LogP contribution in [0.1, 0.15) is 33.1 Å². The molecule has 0 radical (unpaired) electrons. The molecule has 1 atom stereocenters. The second kappa shape index (κ2) is 4.62. The largest absolute Gasteiger partial charge is 0.338 e. The van der Waals surface area contributed by atoms with E-state index in [0.29, 0.717) is 11.5 Å². The fraction of sp³-hybridized carbons (Fsp3) is 0.917. The Hall–Kier alpha value is -0.770. The van der Waals surface area contributed by atoms with Crippen LogP contribution in [-0.4, -0.2) is 43.2 Å². The van der Waals surface area contributed by atoms with Gasteiger partial charge in [0.1, 0.15) is 0 Å². The van der Waals surface area contributed by atoms with Crippen LogP contribution in [-0.2, 0) is 0 Å². The Morgan fingerprint density at radius 3 is 2.88 bits per heavy atom. The van der Waals surface area contributed by atoms with E-state index in [4.69, 9.17) is 0 Å². The quantitative estimate of drug-likeness (QED) is 0.741. The molecule has 0 bridgehead atoms. The van der Waals surface area contributed by atoms with E-state index in [-0.39, 0.29) is 6.03 Å². The maximum Gasteiger partial charge on any atom is 0.317 e. The van der Waals surface area contributed by atoms with Crippen LogP contribution in [0, 0.1) is 5.41 Å². The maximum atomic E-state index is 11.7. The molecule has 2 aliphatic heterocycles. The van der Waals surface area contributed by atoms with Crippen LogP contribution >= 0.6 is 0 Å². The van der Waals surface area contributed by atoms with Crippen LogP contribution in [0.2, 0.25) is 0 Å². The summed E-state index contributed by atoms with van der Waals surface area (Å²) in [7, 11) is 0. The molecule has 2 amide bonds. The summed E-state index contributed by atoms with van der Waals surface area (Å²) < 4.78 is 0. The van der Waals surface area contributed by atoms with Crippen molar-refractivity contribution >= 4 is 6.03 Å². The first-order valence-electron chi connectivity index (χ1n) is 6.36. The number of nitrogens with zero attached hydrogens (tertiary/aromatic N) is 1. The van der Waals surface area contributed by atoms with Gasteiger partial charge in [0, 0.05) is 25.7 Å². The fourth-order valence-corrected chi connectivity index (χ4v) is 2.66. The lowest BCUT2D eigenvalue weighted by Crippen LogP contribution is -2.57. The third kappa shape index (κ3) is 2.48. The molecule has 16 heavy (non-hydrogen) atoms. The lowest BCUT2D eigenvalue weighted by molar-refractivity contribution is 0.125. The molecule has 0 aromatic heterocycles. The average molecular weight is 225 g/mol. The molecule has 0 aromatic carbocycles. The molecule has 0 aromatic rings. The van der Waals surface area contributed by atoms with E-state index in [2.05, 4.69) is 24.5 Å². The monoisotopic (exact) mass is 225 g/mol. The number of rotatable bonds is 2. The van der Waals surface area contributed by atoms with Crippen molar-refractivity contribution < 1.29 is 4.79 Å². The van der Waals surface area contributed by atoms with E-state index < -0.39 is 0 Å². The molecule has 0 spiro atoms. The number of hydrogen-bond donors (Lipinski definition) is 2. The maximum absolute atomic E-state index is 11.7. The first-order valence-corrected chi connectivity index (χ1v) is 6.36. The minimum Gasteiger partial charge on any atom is -0.338 e. The first-order chi connectivity index (χ1) is 7.59. The van der Waals surface area contributed by atoms with Crippen molar-refractivity contribution in [3.8, 4) is 0 Å². The number of carbonyl (C=O) groups excluding carboxylic acids is 1. The lowest BCUT2D eigenvalue weighted by Gasteiger charge is -2.42. The van der Waals surface area contributed by atoms with Gasteiger partial charge in [-0.1, -0.05) is 13.8 Å². The number of carbonyl (C=O) groups is 1. The third-order valence-electron chi connectivity index (χ3n) is 3.90. The van der Waals surface area contributed by atoms with Gasteiger partial charge in [-0.2, -0.15) is 0 Å². The molecule has 92 valence electrons. The van der Waals surface area contributed by atoms with Crippen molar-refractivity contribution in [1.29, 1.82) is 0 Å². The van der Waals surface area contributed by atoms with Crippen LogP contribution in [0.5, 0.6) is 0 Å². The Morgan fingerprint density at radius 2 is 2.19 bits per heavy atom. The molecule has 2 rings (SSSR count). The summed E-state index contributed by atoms with van der Waals surface area (Å²) in [6.45, 7) is 8.26. The highest BCUT2D eigenvalue weighted by molar-refractivity contribution is 5.74. The van der Waals surface area contributed by atoms with E-state index in [9.17, 15) is 4.79 Å². The van der Waals surface area contributed by atoms with Crippen molar-refractivity contribution in [3.63, 3.8) is 0 Å². The van der Waals surface area contributed by atoms with E-state index >= 15 is 0 Å². The Labute approximate surface area is 97.8 Å². The molecular weight excluding hydrogens is 202 g/mol. The van der Waals surface area contributed by atoms with Crippen molar-refractivity contribution in [3.05, 3.63) is 0 Å². The van der Waals surface area contributed by atoms with E-state index in [1.807, 2.05) is 4.90 Å². The highest BCUT2D eigenvalue weighted by Crippen LogP contribution is 2.30. The van der Waals surface area contributed by atoms with Crippen molar-refractivity contribution in [2.75, 3.05) is 26.2 Å². The SMILES string of the molecule is CC1(C)CCCNC1CN1CCCNC1=O. The van der Waals surface area contributed by atoms with Gasteiger partial charge in [0.05, 0.1) is 0 Å². The highest BCUT2D eigenvalue weighted by Gasteiger charge is 2.34. The molecule has 2 fully saturated rings. The van der Waals surface area contributed by atoms with Gasteiger partial charge in [0.25, 0.3) is 0 Å². The topological polar surface area (TPSA) is 44.4 Å². The van der Waals surface area contributed by atoms with Crippen LogP contribution in [0.15, 0.2) is 0 Å². The van der Waals surface area contributed by atoms with Crippen LogP contribution in [0.4, 0.5) is 4.79 Å². The Kier molecular flexibility index (Phi) is 3.38. The highest BCUT2D eigenvalue weighted by atomic mass is 16.2. The summed E-state index contributed by atoms with van der Waals surface area (Å²) in [4.78, 5) is 13.6. The average Bonchev–Trinajstić information content (AvgIpc) is 2.24. The Bertz CT molecular complexity index is 265. The number of hydrogen-bond acceptors (Lipinski definition) is 2. The predicted molar refractivity (Wildman–Crippen MR) is 64.4 cm³/mol. The second-order valence-electron chi connectivity index (χ2n) is 5.63. The normalized spacial score (nSPS) is 30.0. The number of amides is 2. The van der Waals surface area contributed by atoms with Crippen molar-refractivity contribution in [1.82, 2.24) is 15.5 Å². The molecule has 2 heterocycles. The number of urea groups is 1. The summed E-state index contributed by atoms with van der Waals surface area (Å²) in [5.41, 5.74) is 0.302. The van der Waals surface area contributed by atoms with Crippen LogP contribution in [0.25, 0.3) is 0 Å². The third-order valence-corrected chi connectivity index (χ3v) is 3.90. The van der Waals surface area contributed by atoms with Gasteiger partial charge >= 0.3 is 6.03 Å². The summed E-state index contributed by atoms with van der Waals surface area (Å²) in [5.74, 6) is 0. The number of nitrogens with one attached hydrogen (secondary N) is 2. The van der Waals surface area contributed by atoms with E-state index in [0.717, 1.165) is 32.6 Å². The van der Waals surface area contributed by atoms with Gasteiger partial charge in [0.15, 0.2) is 0 Å². The molecule has 4 nitrogen and oxygen atoms in total. The summed E-state index contributed by atoms with van der Waals surface area (Å²) in [6, 6.07) is 0.541. The molecule has 1 unspecified atom stereocenters. The molecule has 2 saturated heterocycles. The lowest BCUT2D eigenvalue weighted by atomic mass is 9.77. The molecule has 4 heteroatoms. The summed E-state index contributed by atoms with van der Waals surface area (Å²) in [6.07, 6.45) is 3.56. The fourth-order valence-electron chi connectivity index (χ4n) is 2.66. The van der Waals surface area contributed by atoms with Crippen LogP contribution in [0.3, 0.4) is 0 Å². The van der Waals surface area contributed by atoms with Gasteiger partial charge in [-0.05, 0) is 31.2 Å². The van der Waals surface area contributed by atoms with Crippen molar-refractivity contribution in [2.24, 2.45) is 5.41 Å². The van der Waals surface area contributed by atoms with Gasteiger partial charge in [-0.25, -0.2) is 4.79 Å². The zero-order chi connectivity index (χ0) is 11.6. The minimum absolute atomic E-state index is 0.106. The Balaban J connectivity index is 1.94. The van der Waals surface area contributed by atoms with Crippen LogP contribution < -0.4 is 10.6 Å². The first kappa shape index (κ1) is 11.7. The number of piperidine rings is 1. The van der Waals surface area contributed by atoms with Gasteiger partial charge in [0.2, 0.25) is 0 Å². The van der Waals surface area contributed by atoms with Gasteiger partial charge < -0.3 is 15.5 Å². The van der Waals surface area contributed by atoms with Crippen molar-refractivity contribution in [2.45, 2.75) is 39.2 Å². The Morgan fingerprint density at radius 1 is 1.38 bits per heavy atom. The van der Waals surface area contributed by atoms with E-state index in [1.54, 1.807) is 0 Å². The summed E-state index contributed by atoms with van der Waals surface area (Å²) >= 11 is 0. The second-order valence-corrected chi connectivity index (χ2v) is 5.63. The minimum atomic E-state index is 0.106. The zero-order valence-electron chi connectivity index (χ0n) is 10.4.